The van der Waals surface area contributed by atoms with Crippen LogP contribution in [0.25, 0.3) is 0 Å². The van der Waals surface area contributed by atoms with Crippen molar-refractivity contribution < 1.29 is 8.42 Å². The summed E-state index contributed by atoms with van der Waals surface area (Å²) in [6.45, 7) is 8.22. The van der Waals surface area contributed by atoms with Gasteiger partial charge in [0.1, 0.15) is 0 Å². The number of halogens is 1. The van der Waals surface area contributed by atoms with Crippen molar-refractivity contribution in [2.75, 3.05) is 38.5 Å². The number of rotatable bonds is 8. The SMILES string of the molecule is CCNC(=NCC1CCCN1CC)NCCS(=O)(=O)c1ccccc1.I. The van der Waals surface area contributed by atoms with E-state index in [-0.39, 0.29) is 29.7 Å². The van der Waals surface area contributed by atoms with Crippen molar-refractivity contribution in [3.63, 3.8) is 0 Å². The Morgan fingerprint density at radius 1 is 1.23 bits per heavy atom. The van der Waals surface area contributed by atoms with E-state index in [0.717, 1.165) is 26.2 Å². The summed E-state index contributed by atoms with van der Waals surface area (Å²) in [4.78, 5) is 7.46. The average Bonchev–Trinajstić information content (AvgIpc) is 3.08. The molecule has 1 aromatic carbocycles. The number of hydrogen-bond donors (Lipinski definition) is 2. The molecule has 1 aromatic rings. The molecule has 148 valence electrons. The second-order valence-electron chi connectivity index (χ2n) is 6.20. The van der Waals surface area contributed by atoms with Crippen LogP contribution >= 0.6 is 24.0 Å². The van der Waals surface area contributed by atoms with Crippen LogP contribution in [0.2, 0.25) is 0 Å². The van der Waals surface area contributed by atoms with E-state index in [1.165, 1.54) is 12.8 Å². The number of likely N-dealkylation sites (tertiary alicyclic amines) is 1. The van der Waals surface area contributed by atoms with Crippen molar-refractivity contribution in [1.82, 2.24) is 15.5 Å². The average molecular weight is 494 g/mol. The topological polar surface area (TPSA) is 73.8 Å². The van der Waals surface area contributed by atoms with Crippen LogP contribution in [0.4, 0.5) is 0 Å². The van der Waals surface area contributed by atoms with E-state index >= 15 is 0 Å². The van der Waals surface area contributed by atoms with Crippen LogP contribution in [-0.2, 0) is 9.84 Å². The highest BCUT2D eigenvalue weighted by molar-refractivity contribution is 14.0. The summed E-state index contributed by atoms with van der Waals surface area (Å²) in [5, 5.41) is 6.34. The van der Waals surface area contributed by atoms with Crippen molar-refractivity contribution in [2.45, 2.75) is 37.6 Å². The van der Waals surface area contributed by atoms with Gasteiger partial charge < -0.3 is 10.6 Å². The Morgan fingerprint density at radius 3 is 2.62 bits per heavy atom. The smallest absolute Gasteiger partial charge is 0.191 e. The Kier molecular flexibility index (Phi) is 10.5. The van der Waals surface area contributed by atoms with Gasteiger partial charge in [0.05, 0.1) is 17.2 Å². The molecule has 0 aromatic heterocycles. The van der Waals surface area contributed by atoms with E-state index in [0.29, 0.717) is 23.4 Å². The first-order valence-corrected chi connectivity index (χ1v) is 10.8. The lowest BCUT2D eigenvalue weighted by Crippen LogP contribution is -2.41. The minimum absolute atomic E-state index is 0. The summed E-state index contributed by atoms with van der Waals surface area (Å²) in [6.07, 6.45) is 2.41. The molecule has 1 unspecified atom stereocenters. The molecule has 26 heavy (non-hydrogen) atoms. The van der Waals surface area contributed by atoms with Gasteiger partial charge in [0.25, 0.3) is 0 Å². The van der Waals surface area contributed by atoms with Gasteiger partial charge in [0.2, 0.25) is 0 Å². The van der Waals surface area contributed by atoms with Gasteiger partial charge in [-0.1, -0.05) is 25.1 Å². The Hall–Kier alpha value is -0.870. The molecule has 0 amide bonds. The molecule has 0 radical (unpaired) electrons. The van der Waals surface area contributed by atoms with E-state index in [2.05, 4.69) is 27.4 Å². The molecule has 1 fully saturated rings. The molecule has 2 N–H and O–H groups in total. The third-order valence-electron chi connectivity index (χ3n) is 4.48. The number of guanidine groups is 1. The predicted molar refractivity (Wildman–Crippen MR) is 118 cm³/mol. The molecule has 2 rings (SSSR count). The molecule has 0 bridgehead atoms. The Morgan fingerprint density at radius 2 is 1.96 bits per heavy atom. The minimum Gasteiger partial charge on any atom is -0.357 e. The molecule has 0 saturated carbocycles. The lowest BCUT2D eigenvalue weighted by Gasteiger charge is -2.21. The normalized spacial score (nSPS) is 18.4. The zero-order valence-electron chi connectivity index (χ0n) is 15.6. The predicted octanol–water partition coefficient (Wildman–Crippen LogP) is 2.12. The fraction of sp³-hybridized carbons (Fsp3) is 0.611. The molecule has 6 nitrogen and oxygen atoms in total. The van der Waals surface area contributed by atoms with Crippen LogP contribution in [0.1, 0.15) is 26.7 Å². The second-order valence-corrected chi connectivity index (χ2v) is 8.31. The number of sulfone groups is 1. The van der Waals surface area contributed by atoms with Crippen molar-refractivity contribution in [3.8, 4) is 0 Å². The first-order chi connectivity index (χ1) is 12.1. The summed E-state index contributed by atoms with van der Waals surface area (Å²) < 4.78 is 24.6. The summed E-state index contributed by atoms with van der Waals surface area (Å²) in [5.41, 5.74) is 0. The molecule has 0 aliphatic carbocycles. The monoisotopic (exact) mass is 494 g/mol. The Labute approximate surface area is 174 Å². The van der Waals surface area contributed by atoms with Crippen LogP contribution in [-0.4, -0.2) is 63.8 Å². The van der Waals surface area contributed by atoms with Crippen LogP contribution in [0, 0.1) is 0 Å². The molecule has 0 spiro atoms. The third kappa shape index (κ3) is 7.03. The standard InChI is InChI=1S/C18H30N4O2S.HI/c1-3-19-18(21-15-16-9-8-13-22(16)4-2)20-12-14-25(23,24)17-10-6-5-7-11-17;/h5-7,10-11,16H,3-4,8-9,12-15H2,1-2H3,(H2,19,20,21);1H. The minimum atomic E-state index is -3.27. The number of nitrogens with zero attached hydrogens (tertiary/aromatic N) is 2. The lowest BCUT2D eigenvalue weighted by atomic mass is 10.2. The molecule has 1 heterocycles. The fourth-order valence-corrected chi connectivity index (χ4v) is 4.28. The van der Waals surface area contributed by atoms with Gasteiger partial charge in [-0.15, -0.1) is 24.0 Å². The summed E-state index contributed by atoms with van der Waals surface area (Å²) in [5.74, 6) is 0.736. The third-order valence-corrected chi connectivity index (χ3v) is 6.21. The fourth-order valence-electron chi connectivity index (χ4n) is 3.11. The van der Waals surface area contributed by atoms with E-state index in [1.807, 2.05) is 13.0 Å². The molecule has 8 heteroatoms. The van der Waals surface area contributed by atoms with E-state index < -0.39 is 9.84 Å². The van der Waals surface area contributed by atoms with Gasteiger partial charge in [-0.05, 0) is 45.0 Å². The van der Waals surface area contributed by atoms with Gasteiger partial charge in [-0.2, -0.15) is 0 Å². The highest BCUT2D eigenvalue weighted by Crippen LogP contribution is 2.16. The number of hydrogen-bond acceptors (Lipinski definition) is 4. The zero-order valence-corrected chi connectivity index (χ0v) is 18.8. The first kappa shape index (κ1) is 23.2. The van der Waals surface area contributed by atoms with Crippen molar-refractivity contribution in [1.29, 1.82) is 0 Å². The van der Waals surface area contributed by atoms with Crippen molar-refractivity contribution in [2.24, 2.45) is 4.99 Å². The van der Waals surface area contributed by atoms with Crippen LogP contribution in [0.3, 0.4) is 0 Å². The van der Waals surface area contributed by atoms with Gasteiger partial charge in [0, 0.05) is 19.1 Å². The van der Waals surface area contributed by atoms with Crippen molar-refractivity contribution >= 4 is 39.8 Å². The largest absolute Gasteiger partial charge is 0.357 e. The molecule has 1 aliphatic heterocycles. The maximum absolute atomic E-state index is 12.3. The highest BCUT2D eigenvalue weighted by Gasteiger charge is 2.22. The van der Waals surface area contributed by atoms with E-state index in [4.69, 9.17) is 0 Å². The number of likely N-dealkylation sites (N-methyl/N-ethyl adjacent to an activating group) is 1. The maximum atomic E-state index is 12.3. The number of nitrogens with one attached hydrogen (secondary N) is 2. The van der Waals surface area contributed by atoms with Gasteiger partial charge in [-0.25, -0.2) is 8.42 Å². The van der Waals surface area contributed by atoms with Crippen LogP contribution < -0.4 is 10.6 Å². The van der Waals surface area contributed by atoms with E-state index in [1.54, 1.807) is 24.3 Å². The molecule has 1 aliphatic rings. The molecule has 1 saturated heterocycles. The number of benzene rings is 1. The van der Waals surface area contributed by atoms with E-state index in [9.17, 15) is 8.42 Å². The van der Waals surface area contributed by atoms with Crippen molar-refractivity contribution in [3.05, 3.63) is 30.3 Å². The Balaban J connectivity index is 0.00000338. The first-order valence-electron chi connectivity index (χ1n) is 9.11. The molecular weight excluding hydrogens is 463 g/mol. The van der Waals surface area contributed by atoms with Gasteiger partial charge >= 0.3 is 0 Å². The molecular formula is C18H31IN4O2S. The lowest BCUT2D eigenvalue weighted by molar-refractivity contribution is 0.273. The summed E-state index contributed by atoms with van der Waals surface area (Å²) in [7, 11) is -3.27. The Bertz CT molecular complexity index is 652. The summed E-state index contributed by atoms with van der Waals surface area (Å²) >= 11 is 0. The van der Waals surface area contributed by atoms with Gasteiger partial charge in [-0.3, -0.25) is 9.89 Å². The highest BCUT2D eigenvalue weighted by atomic mass is 127. The second kappa shape index (κ2) is 11.8. The van der Waals surface area contributed by atoms with Crippen LogP contribution in [0.5, 0.6) is 0 Å². The van der Waals surface area contributed by atoms with Crippen LogP contribution in [0.15, 0.2) is 40.2 Å². The molecule has 1 atom stereocenters. The van der Waals surface area contributed by atoms with Gasteiger partial charge in [0.15, 0.2) is 15.8 Å². The quantitative estimate of drug-likeness (QED) is 0.329. The number of aliphatic imine (C=N–C) groups is 1. The zero-order chi connectivity index (χ0) is 18.1. The summed E-state index contributed by atoms with van der Waals surface area (Å²) in [6, 6.07) is 9.06. The maximum Gasteiger partial charge on any atom is 0.191 e.